The molecule has 2 aromatic rings. The van der Waals surface area contributed by atoms with E-state index in [1.165, 1.54) is 23.7 Å². The van der Waals surface area contributed by atoms with E-state index in [0.717, 1.165) is 48.9 Å². The summed E-state index contributed by atoms with van der Waals surface area (Å²) in [7, 11) is 0. The average Bonchev–Trinajstić information content (AvgIpc) is 2.68. The standard InChI is InChI=1S/C23H29N3O2S/c1-15(2)13-26-21(28)19-20(25-22(26)29-14-18(24)27)17-9-5-4-8-16(17)12-23(19)10-6-3-7-11-23/h4-5,8-9,15H,3,6-7,10-14H2,1-2H3,(H2,24,27). The number of primary amides is 1. The van der Waals surface area contributed by atoms with Gasteiger partial charge in [0.25, 0.3) is 5.56 Å². The number of rotatable bonds is 5. The normalized spacial score (nSPS) is 17.2. The molecule has 2 N–H and O–H groups in total. The Bertz CT molecular complexity index is 990. The first-order valence-corrected chi connectivity index (χ1v) is 11.5. The number of hydrogen-bond donors (Lipinski definition) is 1. The summed E-state index contributed by atoms with van der Waals surface area (Å²) in [6.07, 6.45) is 6.55. The van der Waals surface area contributed by atoms with Gasteiger partial charge in [0.05, 0.1) is 17.0 Å². The van der Waals surface area contributed by atoms with Crippen molar-refractivity contribution >= 4 is 17.7 Å². The van der Waals surface area contributed by atoms with Crippen LogP contribution in [0, 0.1) is 5.92 Å². The number of amides is 1. The number of nitrogens with two attached hydrogens (primary N) is 1. The molecule has 0 bridgehead atoms. The third kappa shape index (κ3) is 3.75. The second-order valence-electron chi connectivity index (χ2n) is 8.86. The summed E-state index contributed by atoms with van der Waals surface area (Å²) in [5.74, 6) is 0.0247. The number of hydrogen-bond acceptors (Lipinski definition) is 4. The van der Waals surface area contributed by atoms with Crippen molar-refractivity contribution in [2.75, 3.05) is 5.75 Å². The van der Waals surface area contributed by atoms with E-state index >= 15 is 0 Å². The van der Waals surface area contributed by atoms with E-state index in [1.807, 2.05) is 6.07 Å². The first kappa shape index (κ1) is 20.2. The lowest BCUT2D eigenvalue weighted by atomic mass is 9.62. The van der Waals surface area contributed by atoms with Gasteiger partial charge in [-0.05, 0) is 30.7 Å². The minimum Gasteiger partial charge on any atom is -0.369 e. The van der Waals surface area contributed by atoms with Crippen molar-refractivity contribution < 1.29 is 4.79 Å². The molecule has 5 nitrogen and oxygen atoms in total. The molecule has 1 heterocycles. The third-order valence-electron chi connectivity index (χ3n) is 6.17. The second-order valence-corrected chi connectivity index (χ2v) is 9.80. The first-order chi connectivity index (χ1) is 13.9. The molecule has 0 atom stereocenters. The Hall–Kier alpha value is -2.08. The van der Waals surface area contributed by atoms with E-state index in [4.69, 9.17) is 10.7 Å². The zero-order valence-electron chi connectivity index (χ0n) is 17.2. The molecule has 1 fully saturated rings. The van der Waals surface area contributed by atoms with Gasteiger partial charge in [0.15, 0.2) is 5.16 Å². The molecule has 2 aliphatic rings. The lowest BCUT2D eigenvalue weighted by Crippen LogP contribution is -2.43. The minimum atomic E-state index is -0.401. The molecule has 0 radical (unpaired) electrons. The van der Waals surface area contributed by atoms with E-state index in [-0.39, 0.29) is 16.7 Å². The monoisotopic (exact) mass is 411 g/mol. The molecule has 2 aliphatic carbocycles. The van der Waals surface area contributed by atoms with Crippen LogP contribution in [0.3, 0.4) is 0 Å². The van der Waals surface area contributed by atoms with Gasteiger partial charge in [0.2, 0.25) is 5.91 Å². The van der Waals surface area contributed by atoms with Crippen LogP contribution in [-0.2, 0) is 23.2 Å². The van der Waals surface area contributed by atoms with Crippen LogP contribution in [0.15, 0.2) is 34.2 Å². The van der Waals surface area contributed by atoms with Gasteiger partial charge in [-0.3, -0.25) is 14.2 Å². The zero-order valence-corrected chi connectivity index (χ0v) is 18.1. The van der Waals surface area contributed by atoms with Gasteiger partial charge in [-0.2, -0.15) is 0 Å². The molecular formula is C23H29N3O2S. The van der Waals surface area contributed by atoms with Gasteiger partial charge in [0.1, 0.15) is 0 Å². The topological polar surface area (TPSA) is 78.0 Å². The highest BCUT2D eigenvalue weighted by Gasteiger charge is 2.43. The van der Waals surface area contributed by atoms with E-state index in [1.54, 1.807) is 4.57 Å². The lowest BCUT2D eigenvalue weighted by Gasteiger charge is -2.42. The molecule has 0 unspecified atom stereocenters. The predicted molar refractivity (Wildman–Crippen MR) is 117 cm³/mol. The Kier molecular flexibility index (Phi) is 5.56. The Morgan fingerprint density at radius 3 is 2.66 bits per heavy atom. The quantitative estimate of drug-likeness (QED) is 0.598. The number of fused-ring (bicyclic) bond motifs is 4. The van der Waals surface area contributed by atoms with Crippen LogP contribution in [-0.4, -0.2) is 21.2 Å². The van der Waals surface area contributed by atoms with Crippen molar-refractivity contribution in [2.24, 2.45) is 11.7 Å². The van der Waals surface area contributed by atoms with Crippen LogP contribution in [0.1, 0.15) is 57.1 Å². The van der Waals surface area contributed by atoms with Crippen LogP contribution in [0.2, 0.25) is 0 Å². The fourth-order valence-corrected chi connectivity index (χ4v) is 5.73. The summed E-state index contributed by atoms with van der Waals surface area (Å²) in [6.45, 7) is 4.79. The molecule has 154 valence electrons. The Morgan fingerprint density at radius 2 is 1.97 bits per heavy atom. The molecule has 1 spiro atoms. The molecule has 0 aliphatic heterocycles. The van der Waals surface area contributed by atoms with Crippen LogP contribution in [0.5, 0.6) is 0 Å². The molecule has 0 saturated heterocycles. The molecule has 4 rings (SSSR count). The maximum absolute atomic E-state index is 13.9. The number of thioether (sulfide) groups is 1. The van der Waals surface area contributed by atoms with Gasteiger partial charge in [-0.1, -0.05) is 69.1 Å². The SMILES string of the molecule is CC(C)Cn1c(SCC(N)=O)nc2c(c1=O)C1(CCCCC1)Cc1ccccc1-2. The van der Waals surface area contributed by atoms with Crippen molar-refractivity contribution in [3.8, 4) is 11.3 Å². The van der Waals surface area contributed by atoms with Crippen molar-refractivity contribution in [2.45, 2.75) is 69.5 Å². The van der Waals surface area contributed by atoms with Gasteiger partial charge < -0.3 is 5.73 Å². The van der Waals surface area contributed by atoms with E-state index < -0.39 is 5.91 Å². The van der Waals surface area contributed by atoms with E-state index in [2.05, 4.69) is 32.0 Å². The maximum atomic E-state index is 13.9. The third-order valence-corrected chi connectivity index (χ3v) is 7.17. The molecule has 1 aromatic heterocycles. The van der Waals surface area contributed by atoms with Crippen molar-refractivity contribution in [1.82, 2.24) is 9.55 Å². The summed E-state index contributed by atoms with van der Waals surface area (Å²) in [5, 5.41) is 0.601. The molecule has 6 heteroatoms. The highest BCUT2D eigenvalue weighted by atomic mass is 32.2. The van der Waals surface area contributed by atoms with Gasteiger partial charge in [-0.25, -0.2) is 4.98 Å². The second kappa shape index (κ2) is 7.98. The molecular weight excluding hydrogens is 382 g/mol. The number of nitrogens with zero attached hydrogens (tertiary/aromatic N) is 2. The van der Waals surface area contributed by atoms with E-state index in [0.29, 0.717) is 17.6 Å². The number of carbonyl (C=O) groups is 1. The summed E-state index contributed by atoms with van der Waals surface area (Å²) in [5.41, 5.74) is 9.41. The van der Waals surface area contributed by atoms with Gasteiger partial charge in [-0.15, -0.1) is 0 Å². The highest BCUT2D eigenvalue weighted by Crippen LogP contribution is 2.48. The average molecular weight is 412 g/mol. The Labute approximate surface area is 176 Å². The van der Waals surface area contributed by atoms with Crippen molar-refractivity contribution in [1.29, 1.82) is 0 Å². The largest absolute Gasteiger partial charge is 0.369 e. The first-order valence-electron chi connectivity index (χ1n) is 10.6. The summed E-state index contributed by atoms with van der Waals surface area (Å²) in [4.78, 5) is 30.3. The van der Waals surface area contributed by atoms with Gasteiger partial charge in [0, 0.05) is 17.5 Å². The van der Waals surface area contributed by atoms with Gasteiger partial charge >= 0.3 is 0 Å². The van der Waals surface area contributed by atoms with E-state index in [9.17, 15) is 9.59 Å². The fraction of sp³-hybridized carbons (Fsp3) is 0.522. The van der Waals surface area contributed by atoms with Crippen molar-refractivity contribution in [3.05, 3.63) is 45.7 Å². The minimum absolute atomic E-state index is 0.0760. The number of carbonyl (C=O) groups excluding carboxylic acids is 1. The summed E-state index contributed by atoms with van der Waals surface area (Å²) >= 11 is 1.27. The van der Waals surface area contributed by atoms with Crippen LogP contribution < -0.4 is 11.3 Å². The maximum Gasteiger partial charge on any atom is 0.258 e. The van der Waals surface area contributed by atoms with Crippen molar-refractivity contribution in [3.63, 3.8) is 0 Å². The summed E-state index contributed by atoms with van der Waals surface area (Å²) < 4.78 is 1.79. The number of benzene rings is 1. The molecule has 29 heavy (non-hydrogen) atoms. The summed E-state index contributed by atoms with van der Waals surface area (Å²) in [6, 6.07) is 8.33. The van der Waals surface area contributed by atoms with Crippen LogP contribution in [0.25, 0.3) is 11.3 Å². The Morgan fingerprint density at radius 1 is 1.24 bits per heavy atom. The zero-order chi connectivity index (χ0) is 20.6. The molecule has 1 amide bonds. The van der Waals surface area contributed by atoms with Crippen LogP contribution in [0.4, 0.5) is 0 Å². The highest BCUT2D eigenvalue weighted by molar-refractivity contribution is 7.99. The fourth-order valence-electron chi connectivity index (χ4n) is 4.99. The Balaban J connectivity index is 1.97. The number of aromatic nitrogens is 2. The molecule has 1 aromatic carbocycles. The molecule has 1 saturated carbocycles. The smallest absolute Gasteiger partial charge is 0.258 e. The van der Waals surface area contributed by atoms with Crippen LogP contribution >= 0.6 is 11.8 Å². The predicted octanol–water partition coefficient (Wildman–Crippen LogP) is 3.90. The lowest BCUT2D eigenvalue weighted by molar-refractivity contribution is -0.115.